The zero-order chi connectivity index (χ0) is 13.9. The standard InChI is InChI=1S/C15H17BrN4/c1-2-17-13-9-14(20-15(19-13)10-7-8-10)18-12-6-4-3-5-11(12)16/h3-6,9-10H,2,7-8H2,1H3,(H2,17,18,19,20). The Balaban J connectivity index is 1.89. The molecule has 2 aromatic rings. The van der Waals surface area contributed by atoms with E-state index in [1.165, 1.54) is 12.8 Å². The maximum atomic E-state index is 4.63. The summed E-state index contributed by atoms with van der Waals surface area (Å²) in [5.41, 5.74) is 1.01. The average Bonchev–Trinajstić information content (AvgIpc) is 3.26. The van der Waals surface area contributed by atoms with Gasteiger partial charge in [0.15, 0.2) is 0 Å². The first-order chi connectivity index (χ1) is 9.76. The van der Waals surface area contributed by atoms with Gasteiger partial charge in [-0.05, 0) is 47.8 Å². The third-order valence-electron chi connectivity index (χ3n) is 3.18. The fourth-order valence-electron chi connectivity index (χ4n) is 2.03. The molecule has 1 aromatic heterocycles. The van der Waals surface area contributed by atoms with Gasteiger partial charge in [0, 0.05) is 23.0 Å². The second-order valence-corrected chi connectivity index (χ2v) is 5.76. The van der Waals surface area contributed by atoms with Crippen molar-refractivity contribution in [2.24, 2.45) is 0 Å². The van der Waals surface area contributed by atoms with Crippen LogP contribution in [0.25, 0.3) is 0 Å². The zero-order valence-electron chi connectivity index (χ0n) is 11.4. The minimum Gasteiger partial charge on any atom is -0.370 e. The molecule has 0 radical (unpaired) electrons. The second-order valence-electron chi connectivity index (χ2n) is 4.91. The van der Waals surface area contributed by atoms with Crippen molar-refractivity contribution in [3.8, 4) is 0 Å². The fraction of sp³-hybridized carbons (Fsp3) is 0.333. The Hall–Kier alpha value is -1.62. The zero-order valence-corrected chi connectivity index (χ0v) is 12.9. The maximum absolute atomic E-state index is 4.63. The normalized spacial score (nSPS) is 14.1. The molecule has 1 aromatic carbocycles. The molecule has 3 rings (SSSR count). The molecule has 0 amide bonds. The predicted molar refractivity (Wildman–Crippen MR) is 85.6 cm³/mol. The Morgan fingerprint density at radius 1 is 1.20 bits per heavy atom. The monoisotopic (exact) mass is 332 g/mol. The van der Waals surface area contributed by atoms with E-state index in [9.17, 15) is 0 Å². The van der Waals surface area contributed by atoms with Crippen molar-refractivity contribution in [3.05, 3.63) is 40.6 Å². The number of aromatic nitrogens is 2. The lowest BCUT2D eigenvalue weighted by atomic mass is 10.3. The van der Waals surface area contributed by atoms with E-state index >= 15 is 0 Å². The van der Waals surface area contributed by atoms with E-state index < -0.39 is 0 Å². The molecule has 104 valence electrons. The van der Waals surface area contributed by atoms with Crippen LogP contribution < -0.4 is 10.6 Å². The molecule has 1 aliphatic carbocycles. The van der Waals surface area contributed by atoms with Crippen LogP contribution in [0.15, 0.2) is 34.8 Å². The highest BCUT2D eigenvalue weighted by atomic mass is 79.9. The van der Waals surface area contributed by atoms with Crippen LogP contribution >= 0.6 is 15.9 Å². The second kappa shape index (κ2) is 5.79. The lowest BCUT2D eigenvalue weighted by Crippen LogP contribution is -2.05. The van der Waals surface area contributed by atoms with Gasteiger partial charge in [-0.3, -0.25) is 0 Å². The molecular formula is C15H17BrN4. The number of rotatable bonds is 5. The van der Waals surface area contributed by atoms with Gasteiger partial charge in [0.25, 0.3) is 0 Å². The van der Waals surface area contributed by atoms with Crippen molar-refractivity contribution >= 4 is 33.3 Å². The number of halogens is 1. The summed E-state index contributed by atoms with van der Waals surface area (Å²) < 4.78 is 1.02. The van der Waals surface area contributed by atoms with E-state index in [0.717, 1.165) is 34.2 Å². The van der Waals surface area contributed by atoms with E-state index in [-0.39, 0.29) is 0 Å². The van der Waals surface area contributed by atoms with Gasteiger partial charge in [-0.15, -0.1) is 0 Å². The van der Waals surface area contributed by atoms with E-state index in [0.29, 0.717) is 5.92 Å². The molecule has 0 aliphatic heterocycles. The fourth-order valence-corrected chi connectivity index (χ4v) is 2.41. The Morgan fingerprint density at radius 3 is 2.65 bits per heavy atom. The van der Waals surface area contributed by atoms with Gasteiger partial charge in [0.1, 0.15) is 17.5 Å². The van der Waals surface area contributed by atoms with Crippen LogP contribution in [0, 0.1) is 0 Å². The van der Waals surface area contributed by atoms with Crippen molar-refractivity contribution < 1.29 is 0 Å². The summed E-state index contributed by atoms with van der Waals surface area (Å²) in [6.45, 7) is 2.93. The van der Waals surface area contributed by atoms with Crippen LogP contribution in [-0.4, -0.2) is 16.5 Å². The van der Waals surface area contributed by atoms with Crippen molar-refractivity contribution in [2.75, 3.05) is 17.2 Å². The van der Waals surface area contributed by atoms with E-state index in [1.54, 1.807) is 0 Å². The molecule has 4 nitrogen and oxygen atoms in total. The van der Waals surface area contributed by atoms with E-state index in [2.05, 4.69) is 43.5 Å². The van der Waals surface area contributed by atoms with Crippen molar-refractivity contribution in [3.63, 3.8) is 0 Å². The number of nitrogens with zero attached hydrogens (tertiary/aromatic N) is 2. The molecule has 0 saturated heterocycles. The summed E-state index contributed by atoms with van der Waals surface area (Å²) in [4.78, 5) is 9.21. The van der Waals surface area contributed by atoms with Gasteiger partial charge in [-0.1, -0.05) is 12.1 Å². The number of hydrogen-bond donors (Lipinski definition) is 2. The smallest absolute Gasteiger partial charge is 0.136 e. The van der Waals surface area contributed by atoms with E-state index in [1.807, 2.05) is 30.3 Å². The van der Waals surface area contributed by atoms with Crippen LogP contribution in [0.5, 0.6) is 0 Å². The molecule has 0 bridgehead atoms. The molecule has 20 heavy (non-hydrogen) atoms. The molecule has 2 N–H and O–H groups in total. The highest BCUT2D eigenvalue weighted by Gasteiger charge is 2.27. The molecule has 0 atom stereocenters. The van der Waals surface area contributed by atoms with Crippen LogP contribution in [-0.2, 0) is 0 Å². The number of benzene rings is 1. The summed E-state index contributed by atoms with van der Waals surface area (Å²) in [7, 11) is 0. The molecule has 0 unspecified atom stereocenters. The van der Waals surface area contributed by atoms with Crippen LogP contribution in [0.2, 0.25) is 0 Å². The van der Waals surface area contributed by atoms with Crippen LogP contribution in [0.1, 0.15) is 31.5 Å². The Morgan fingerprint density at radius 2 is 1.95 bits per heavy atom. The molecule has 0 spiro atoms. The summed E-state index contributed by atoms with van der Waals surface area (Å²) >= 11 is 3.54. The van der Waals surface area contributed by atoms with Gasteiger partial charge in [-0.2, -0.15) is 0 Å². The Bertz CT molecular complexity index is 611. The van der Waals surface area contributed by atoms with Crippen molar-refractivity contribution in [1.29, 1.82) is 0 Å². The summed E-state index contributed by atoms with van der Waals surface area (Å²) in [6, 6.07) is 9.98. The SMILES string of the molecule is CCNc1cc(Nc2ccccc2Br)nc(C2CC2)n1. The number of para-hydroxylation sites is 1. The minimum absolute atomic E-state index is 0.536. The van der Waals surface area contributed by atoms with Gasteiger partial charge in [-0.25, -0.2) is 9.97 Å². The number of anilines is 3. The highest BCUT2D eigenvalue weighted by Crippen LogP contribution is 2.39. The van der Waals surface area contributed by atoms with Crippen molar-refractivity contribution in [1.82, 2.24) is 9.97 Å². The number of hydrogen-bond acceptors (Lipinski definition) is 4. The van der Waals surface area contributed by atoms with Crippen molar-refractivity contribution in [2.45, 2.75) is 25.7 Å². The first-order valence-corrected chi connectivity index (χ1v) is 7.70. The minimum atomic E-state index is 0.536. The lowest BCUT2D eigenvalue weighted by Gasteiger charge is -2.11. The molecule has 1 heterocycles. The topological polar surface area (TPSA) is 49.8 Å². The van der Waals surface area contributed by atoms with Crippen LogP contribution in [0.4, 0.5) is 17.3 Å². The van der Waals surface area contributed by atoms with E-state index in [4.69, 9.17) is 0 Å². The lowest BCUT2D eigenvalue weighted by molar-refractivity contribution is 0.927. The van der Waals surface area contributed by atoms with Gasteiger partial charge in [0.05, 0.1) is 5.69 Å². The Labute approximate surface area is 127 Å². The molecule has 1 aliphatic rings. The summed E-state index contributed by atoms with van der Waals surface area (Å²) in [6.07, 6.45) is 2.40. The molecule has 1 saturated carbocycles. The van der Waals surface area contributed by atoms with Gasteiger partial charge in [0.2, 0.25) is 0 Å². The maximum Gasteiger partial charge on any atom is 0.136 e. The average molecular weight is 333 g/mol. The van der Waals surface area contributed by atoms with Gasteiger partial charge < -0.3 is 10.6 Å². The highest BCUT2D eigenvalue weighted by molar-refractivity contribution is 9.10. The third-order valence-corrected chi connectivity index (χ3v) is 3.87. The molecule has 1 fully saturated rings. The third kappa shape index (κ3) is 3.10. The first kappa shape index (κ1) is 13.4. The summed E-state index contributed by atoms with van der Waals surface area (Å²) in [5.74, 6) is 3.20. The van der Waals surface area contributed by atoms with Gasteiger partial charge >= 0.3 is 0 Å². The largest absolute Gasteiger partial charge is 0.370 e. The quantitative estimate of drug-likeness (QED) is 0.857. The molecular weight excluding hydrogens is 316 g/mol. The first-order valence-electron chi connectivity index (χ1n) is 6.90. The number of nitrogens with one attached hydrogen (secondary N) is 2. The Kier molecular flexibility index (Phi) is 3.87. The predicted octanol–water partition coefficient (Wildman–Crippen LogP) is 4.29. The summed E-state index contributed by atoms with van der Waals surface area (Å²) in [5, 5.41) is 6.62. The van der Waals surface area contributed by atoms with Crippen LogP contribution in [0.3, 0.4) is 0 Å². The molecule has 5 heteroatoms.